The highest BCUT2D eigenvalue weighted by molar-refractivity contribution is 6.44. The highest BCUT2D eigenvalue weighted by Gasteiger charge is 2.31. The first-order valence-electron chi connectivity index (χ1n) is 7.78. The molecule has 0 saturated carbocycles. The standard InChI is InChI=1S/C18H16Cl2N2O3/c1-11-18(24)22(14-7-2-3-8-15(14)25-11)10-9-16(23)21-13-6-4-5-12(19)17(13)20/h2-8,11H,9-10H2,1H3,(H,21,23)/t11-/m0/s1. The molecule has 2 amide bonds. The molecular formula is C18H16Cl2N2O3. The number of amides is 2. The summed E-state index contributed by atoms with van der Waals surface area (Å²) >= 11 is 12.0. The van der Waals surface area contributed by atoms with Crippen LogP contribution in [0.3, 0.4) is 0 Å². The molecule has 1 atom stereocenters. The maximum atomic E-state index is 12.4. The largest absolute Gasteiger partial charge is 0.479 e. The summed E-state index contributed by atoms with van der Waals surface area (Å²) in [5.74, 6) is 0.203. The fourth-order valence-electron chi connectivity index (χ4n) is 2.62. The Labute approximate surface area is 155 Å². The van der Waals surface area contributed by atoms with Crippen molar-refractivity contribution in [3.63, 3.8) is 0 Å². The molecule has 0 saturated heterocycles. The summed E-state index contributed by atoms with van der Waals surface area (Å²) in [6, 6.07) is 12.3. The molecule has 1 heterocycles. The van der Waals surface area contributed by atoms with Crippen LogP contribution in [0.4, 0.5) is 11.4 Å². The lowest BCUT2D eigenvalue weighted by molar-refractivity contribution is -0.125. The van der Waals surface area contributed by atoms with Crippen molar-refractivity contribution in [2.45, 2.75) is 19.4 Å². The van der Waals surface area contributed by atoms with Gasteiger partial charge in [-0.3, -0.25) is 9.59 Å². The van der Waals surface area contributed by atoms with E-state index in [1.54, 1.807) is 42.2 Å². The van der Waals surface area contributed by atoms with Crippen molar-refractivity contribution < 1.29 is 14.3 Å². The lowest BCUT2D eigenvalue weighted by Crippen LogP contribution is -2.45. The molecule has 0 unspecified atom stereocenters. The van der Waals surface area contributed by atoms with Gasteiger partial charge >= 0.3 is 0 Å². The van der Waals surface area contributed by atoms with Gasteiger partial charge in [0.05, 0.1) is 21.4 Å². The topological polar surface area (TPSA) is 58.6 Å². The van der Waals surface area contributed by atoms with Crippen molar-refractivity contribution in [1.82, 2.24) is 0 Å². The highest BCUT2D eigenvalue weighted by atomic mass is 35.5. The maximum Gasteiger partial charge on any atom is 0.267 e. The van der Waals surface area contributed by atoms with Gasteiger partial charge in [-0.2, -0.15) is 0 Å². The number of carbonyl (C=O) groups excluding carboxylic acids is 2. The molecule has 25 heavy (non-hydrogen) atoms. The summed E-state index contributed by atoms with van der Waals surface area (Å²) in [6.07, 6.45) is -0.462. The van der Waals surface area contributed by atoms with Crippen LogP contribution in [0.2, 0.25) is 10.0 Å². The van der Waals surface area contributed by atoms with Gasteiger partial charge in [0.2, 0.25) is 5.91 Å². The second-order valence-electron chi connectivity index (χ2n) is 5.62. The van der Waals surface area contributed by atoms with Gasteiger partial charge in [0.15, 0.2) is 6.10 Å². The minimum absolute atomic E-state index is 0.121. The number of hydrogen-bond donors (Lipinski definition) is 1. The van der Waals surface area contributed by atoms with Gasteiger partial charge in [-0.25, -0.2) is 0 Å². The van der Waals surface area contributed by atoms with Crippen molar-refractivity contribution in [3.05, 3.63) is 52.5 Å². The minimum atomic E-state index is -0.583. The van der Waals surface area contributed by atoms with Gasteiger partial charge in [-0.1, -0.05) is 41.4 Å². The van der Waals surface area contributed by atoms with E-state index < -0.39 is 6.10 Å². The Morgan fingerprint density at radius 3 is 2.76 bits per heavy atom. The number of ether oxygens (including phenoxy) is 1. The molecule has 0 aromatic heterocycles. The molecule has 130 valence electrons. The number of halogens is 2. The Hall–Kier alpha value is -2.24. The molecule has 1 aliphatic rings. The van der Waals surface area contributed by atoms with Crippen LogP contribution in [0.1, 0.15) is 13.3 Å². The number of anilines is 2. The fraction of sp³-hybridized carbons (Fsp3) is 0.222. The number of fused-ring (bicyclic) bond motifs is 1. The Kier molecular flexibility index (Phi) is 5.16. The van der Waals surface area contributed by atoms with Crippen LogP contribution in [0.15, 0.2) is 42.5 Å². The van der Waals surface area contributed by atoms with Crippen LogP contribution in [0, 0.1) is 0 Å². The maximum absolute atomic E-state index is 12.4. The van der Waals surface area contributed by atoms with Gasteiger partial charge in [0, 0.05) is 13.0 Å². The van der Waals surface area contributed by atoms with Gasteiger partial charge in [-0.15, -0.1) is 0 Å². The van der Waals surface area contributed by atoms with Crippen molar-refractivity contribution in [2.24, 2.45) is 0 Å². The molecule has 2 aromatic rings. The summed E-state index contributed by atoms with van der Waals surface area (Å²) in [6.45, 7) is 1.94. The molecular weight excluding hydrogens is 363 g/mol. The van der Waals surface area contributed by atoms with Crippen molar-refractivity contribution in [2.75, 3.05) is 16.8 Å². The zero-order valence-corrected chi connectivity index (χ0v) is 15.0. The van der Waals surface area contributed by atoms with E-state index in [-0.39, 0.29) is 24.8 Å². The quantitative estimate of drug-likeness (QED) is 0.869. The Morgan fingerprint density at radius 2 is 1.96 bits per heavy atom. The third kappa shape index (κ3) is 3.72. The first-order valence-corrected chi connectivity index (χ1v) is 8.54. The van der Waals surface area contributed by atoms with Gasteiger partial charge in [0.25, 0.3) is 5.91 Å². The highest BCUT2D eigenvalue weighted by Crippen LogP contribution is 2.34. The Balaban J connectivity index is 1.69. The lowest BCUT2D eigenvalue weighted by Gasteiger charge is -2.32. The predicted octanol–water partition coefficient (Wildman–Crippen LogP) is 4.14. The molecule has 0 fully saturated rings. The minimum Gasteiger partial charge on any atom is -0.479 e. The van der Waals surface area contributed by atoms with Gasteiger partial charge in [0.1, 0.15) is 5.75 Å². The molecule has 3 rings (SSSR count). The molecule has 2 aromatic carbocycles. The van der Waals surface area contributed by atoms with E-state index in [0.29, 0.717) is 27.2 Å². The van der Waals surface area contributed by atoms with E-state index in [9.17, 15) is 9.59 Å². The smallest absolute Gasteiger partial charge is 0.267 e. The van der Waals surface area contributed by atoms with Crippen LogP contribution >= 0.6 is 23.2 Å². The van der Waals surface area contributed by atoms with Gasteiger partial charge < -0.3 is 15.0 Å². The van der Waals surface area contributed by atoms with E-state index in [4.69, 9.17) is 27.9 Å². The van der Waals surface area contributed by atoms with Crippen LogP contribution in [-0.2, 0) is 9.59 Å². The number of nitrogens with one attached hydrogen (secondary N) is 1. The average Bonchev–Trinajstić information content (AvgIpc) is 2.59. The van der Waals surface area contributed by atoms with Crippen LogP contribution < -0.4 is 15.0 Å². The van der Waals surface area contributed by atoms with Crippen molar-refractivity contribution >= 4 is 46.4 Å². The number of rotatable bonds is 4. The Morgan fingerprint density at radius 1 is 1.20 bits per heavy atom. The summed E-state index contributed by atoms with van der Waals surface area (Å²) in [5.41, 5.74) is 1.11. The number of carbonyl (C=O) groups is 2. The fourth-order valence-corrected chi connectivity index (χ4v) is 2.96. The number of para-hydroxylation sites is 2. The molecule has 1 aliphatic heterocycles. The summed E-state index contributed by atoms with van der Waals surface area (Å²) in [4.78, 5) is 26.2. The van der Waals surface area contributed by atoms with Crippen molar-refractivity contribution in [3.8, 4) is 5.75 Å². The molecule has 5 nitrogen and oxygen atoms in total. The summed E-state index contributed by atoms with van der Waals surface area (Å²) in [5, 5.41) is 3.37. The molecule has 7 heteroatoms. The van der Waals surface area contributed by atoms with Crippen molar-refractivity contribution in [1.29, 1.82) is 0 Å². The lowest BCUT2D eigenvalue weighted by atomic mass is 10.1. The monoisotopic (exact) mass is 378 g/mol. The number of nitrogens with zero attached hydrogens (tertiary/aromatic N) is 1. The molecule has 0 radical (unpaired) electrons. The SMILES string of the molecule is C[C@@H]1Oc2ccccc2N(CCC(=O)Nc2cccc(Cl)c2Cl)C1=O. The van der Waals surface area contributed by atoms with Crippen LogP contribution in [0.5, 0.6) is 5.75 Å². The summed E-state index contributed by atoms with van der Waals surface area (Å²) < 4.78 is 5.58. The Bertz CT molecular complexity index is 826. The second kappa shape index (κ2) is 7.33. The molecule has 0 spiro atoms. The third-order valence-corrected chi connectivity index (χ3v) is 4.68. The zero-order valence-electron chi connectivity index (χ0n) is 13.5. The molecule has 1 N–H and O–H groups in total. The average molecular weight is 379 g/mol. The van der Waals surface area contributed by atoms with E-state index in [0.717, 1.165) is 0 Å². The first kappa shape index (κ1) is 17.6. The van der Waals surface area contributed by atoms with E-state index in [2.05, 4.69) is 5.32 Å². The normalized spacial score (nSPS) is 16.2. The molecule has 0 aliphatic carbocycles. The second-order valence-corrected chi connectivity index (χ2v) is 6.40. The van der Waals surface area contributed by atoms with Gasteiger partial charge in [-0.05, 0) is 31.2 Å². The predicted molar refractivity (Wildman–Crippen MR) is 98.6 cm³/mol. The van der Waals surface area contributed by atoms with Crippen LogP contribution in [-0.4, -0.2) is 24.5 Å². The first-order chi connectivity index (χ1) is 12.0. The van der Waals surface area contributed by atoms with E-state index >= 15 is 0 Å². The number of hydrogen-bond acceptors (Lipinski definition) is 3. The zero-order chi connectivity index (χ0) is 18.0. The number of benzene rings is 2. The third-order valence-electron chi connectivity index (χ3n) is 3.86. The van der Waals surface area contributed by atoms with E-state index in [1.165, 1.54) is 0 Å². The summed E-state index contributed by atoms with van der Waals surface area (Å²) in [7, 11) is 0. The molecule has 0 bridgehead atoms. The van der Waals surface area contributed by atoms with E-state index in [1.807, 2.05) is 12.1 Å². The van der Waals surface area contributed by atoms with Crippen LogP contribution in [0.25, 0.3) is 0 Å².